The molecule has 14 heteroatoms. The number of fused-ring (bicyclic) bond motifs is 1. The summed E-state index contributed by atoms with van der Waals surface area (Å²) in [5, 5.41) is 34.2. The molecule has 0 amide bonds. The van der Waals surface area contributed by atoms with Crippen LogP contribution >= 0.6 is 11.3 Å². The maximum atomic E-state index is 9.10. The van der Waals surface area contributed by atoms with Gasteiger partial charge in [0.05, 0.1) is 18.6 Å². The zero-order chi connectivity index (χ0) is 27.2. The maximum absolute atomic E-state index is 9.10. The second-order valence-corrected chi connectivity index (χ2v) is 8.40. The average Bonchev–Trinajstić information content (AvgIpc) is 3.34. The summed E-state index contributed by atoms with van der Waals surface area (Å²) in [6, 6.07) is 12.6. The third-order valence-corrected chi connectivity index (χ3v) is 5.89. The minimum absolute atomic E-state index is 0.858. The second kappa shape index (κ2) is 15.1. The Balaban J connectivity index is 0.000000336. The van der Waals surface area contributed by atoms with Gasteiger partial charge in [-0.2, -0.15) is 0 Å². The molecular weight excluding hydrogens is 508 g/mol. The standard InChI is InChI=1S/C19H22N4OS.2C2H2O4/c1-2-5-15(6-3-1)17-13-16-18(21-14-22-19(16)25-17)20-7-4-8-23-9-11-24-12-10-23;2*3-1(4)2(5)6/h1-3,5-6,13-14H,4,7-12H2,(H,20,21,22);2*(H,3,4)(H,5,6). The predicted octanol–water partition coefficient (Wildman–Crippen LogP) is 1.80. The van der Waals surface area contributed by atoms with E-state index < -0.39 is 23.9 Å². The lowest BCUT2D eigenvalue weighted by atomic mass is 10.2. The summed E-state index contributed by atoms with van der Waals surface area (Å²) < 4.78 is 5.39. The second-order valence-electron chi connectivity index (χ2n) is 7.37. The Bertz CT molecular complexity index is 1150. The fraction of sp³-hybridized carbons (Fsp3) is 0.304. The molecule has 0 unspecified atom stereocenters. The van der Waals surface area contributed by atoms with Crippen LogP contribution in [-0.2, 0) is 23.9 Å². The highest BCUT2D eigenvalue weighted by Crippen LogP contribution is 2.34. The van der Waals surface area contributed by atoms with Gasteiger partial charge in [0.15, 0.2) is 0 Å². The first-order valence-corrected chi connectivity index (χ1v) is 11.8. The highest BCUT2D eigenvalue weighted by Gasteiger charge is 2.11. The highest BCUT2D eigenvalue weighted by molar-refractivity contribution is 7.21. The fourth-order valence-corrected chi connectivity index (χ4v) is 4.08. The van der Waals surface area contributed by atoms with Gasteiger partial charge in [-0.3, -0.25) is 4.90 Å². The summed E-state index contributed by atoms with van der Waals surface area (Å²) in [4.78, 5) is 50.0. The summed E-state index contributed by atoms with van der Waals surface area (Å²) >= 11 is 1.71. The number of nitrogens with one attached hydrogen (secondary N) is 1. The van der Waals surface area contributed by atoms with Crippen molar-refractivity contribution in [1.29, 1.82) is 0 Å². The molecule has 1 aromatic carbocycles. The van der Waals surface area contributed by atoms with Crippen molar-refractivity contribution in [3.63, 3.8) is 0 Å². The summed E-state index contributed by atoms with van der Waals surface area (Å²) in [6.07, 6.45) is 2.75. The molecule has 0 bridgehead atoms. The minimum Gasteiger partial charge on any atom is -0.473 e. The molecule has 0 saturated carbocycles. The van der Waals surface area contributed by atoms with E-state index in [0.29, 0.717) is 0 Å². The van der Waals surface area contributed by atoms with E-state index in [1.165, 1.54) is 10.4 Å². The van der Waals surface area contributed by atoms with Crippen LogP contribution < -0.4 is 5.32 Å². The van der Waals surface area contributed by atoms with Crippen molar-refractivity contribution in [3.05, 3.63) is 42.7 Å². The normalized spacial score (nSPS) is 12.9. The van der Waals surface area contributed by atoms with Crippen molar-refractivity contribution >= 4 is 51.2 Å². The number of carbonyl (C=O) groups is 4. The first-order valence-electron chi connectivity index (χ1n) is 11.0. The number of ether oxygens (including phenoxy) is 1. The molecule has 1 aliphatic heterocycles. The van der Waals surface area contributed by atoms with Crippen LogP contribution in [0.1, 0.15) is 6.42 Å². The number of benzene rings is 1. The van der Waals surface area contributed by atoms with Gasteiger partial charge < -0.3 is 30.5 Å². The van der Waals surface area contributed by atoms with Gasteiger partial charge in [0.1, 0.15) is 17.0 Å². The lowest BCUT2D eigenvalue weighted by molar-refractivity contribution is -0.159. The number of rotatable bonds is 6. The first kappa shape index (κ1) is 29.1. The number of carboxylic acids is 4. The minimum atomic E-state index is -1.82. The van der Waals surface area contributed by atoms with E-state index in [1.54, 1.807) is 17.7 Å². The fourth-order valence-electron chi connectivity index (χ4n) is 3.08. The number of nitrogens with zero attached hydrogens (tertiary/aromatic N) is 3. The van der Waals surface area contributed by atoms with Gasteiger partial charge in [0, 0.05) is 24.5 Å². The number of aliphatic carboxylic acids is 4. The van der Waals surface area contributed by atoms with Gasteiger partial charge in [-0.15, -0.1) is 11.3 Å². The van der Waals surface area contributed by atoms with Crippen LogP contribution in [-0.4, -0.2) is 98.6 Å². The van der Waals surface area contributed by atoms with Crippen LogP contribution in [0.2, 0.25) is 0 Å². The summed E-state index contributed by atoms with van der Waals surface area (Å²) in [5.41, 5.74) is 1.23. The Morgan fingerprint density at radius 3 is 2.08 bits per heavy atom. The number of aromatic nitrogens is 2. The van der Waals surface area contributed by atoms with Crippen LogP contribution in [0.3, 0.4) is 0 Å². The zero-order valence-corrected chi connectivity index (χ0v) is 20.4. The van der Waals surface area contributed by atoms with Gasteiger partial charge in [0.25, 0.3) is 0 Å². The van der Waals surface area contributed by atoms with E-state index in [1.807, 2.05) is 6.07 Å². The summed E-state index contributed by atoms with van der Waals surface area (Å²) in [7, 11) is 0. The molecule has 2 aromatic heterocycles. The summed E-state index contributed by atoms with van der Waals surface area (Å²) in [5.74, 6) is -6.36. The van der Waals surface area contributed by atoms with Gasteiger partial charge in [-0.05, 0) is 24.6 Å². The van der Waals surface area contributed by atoms with Crippen molar-refractivity contribution in [2.24, 2.45) is 0 Å². The van der Waals surface area contributed by atoms with Gasteiger partial charge >= 0.3 is 23.9 Å². The van der Waals surface area contributed by atoms with Crippen molar-refractivity contribution in [1.82, 2.24) is 14.9 Å². The maximum Gasteiger partial charge on any atom is 0.414 e. The number of hydrogen-bond donors (Lipinski definition) is 5. The van der Waals surface area contributed by atoms with E-state index in [0.717, 1.165) is 61.8 Å². The van der Waals surface area contributed by atoms with E-state index >= 15 is 0 Å². The molecule has 5 N–H and O–H groups in total. The van der Waals surface area contributed by atoms with Gasteiger partial charge in [0.2, 0.25) is 0 Å². The molecule has 0 spiro atoms. The first-order chi connectivity index (χ1) is 17.7. The number of morpholine rings is 1. The third kappa shape index (κ3) is 10.2. The number of hydrogen-bond acceptors (Lipinski definition) is 10. The Labute approximate surface area is 215 Å². The van der Waals surface area contributed by atoms with Gasteiger partial charge in [-0.25, -0.2) is 29.1 Å². The Morgan fingerprint density at radius 2 is 1.51 bits per heavy atom. The number of thiophene rings is 1. The molecule has 3 aromatic rings. The number of carboxylic acid groups (broad SMARTS) is 4. The Kier molecular flexibility index (Phi) is 11.9. The SMILES string of the molecule is O=C(O)C(=O)O.O=C(O)C(=O)O.c1ccc(-c2cc3c(NCCCN4CCOCC4)ncnc3s2)cc1. The van der Waals surface area contributed by atoms with Gasteiger partial charge in [-0.1, -0.05) is 30.3 Å². The van der Waals surface area contributed by atoms with E-state index in [9.17, 15) is 0 Å². The van der Waals surface area contributed by atoms with E-state index in [4.69, 9.17) is 44.3 Å². The van der Waals surface area contributed by atoms with E-state index in [2.05, 4.69) is 50.5 Å². The predicted molar refractivity (Wildman–Crippen MR) is 134 cm³/mol. The van der Waals surface area contributed by atoms with Crippen LogP contribution in [0.4, 0.5) is 5.82 Å². The van der Waals surface area contributed by atoms with Crippen molar-refractivity contribution in [3.8, 4) is 10.4 Å². The Morgan fingerprint density at radius 1 is 0.919 bits per heavy atom. The molecule has 0 atom stereocenters. The van der Waals surface area contributed by atoms with Crippen LogP contribution in [0.5, 0.6) is 0 Å². The van der Waals surface area contributed by atoms with Crippen LogP contribution in [0, 0.1) is 0 Å². The monoisotopic (exact) mass is 534 g/mol. The molecule has 198 valence electrons. The van der Waals surface area contributed by atoms with Crippen molar-refractivity contribution in [2.75, 3.05) is 44.7 Å². The average molecular weight is 535 g/mol. The van der Waals surface area contributed by atoms with Crippen LogP contribution in [0.15, 0.2) is 42.7 Å². The molecule has 37 heavy (non-hydrogen) atoms. The molecule has 3 heterocycles. The zero-order valence-electron chi connectivity index (χ0n) is 19.6. The molecule has 4 rings (SSSR count). The third-order valence-electron chi connectivity index (χ3n) is 4.80. The number of anilines is 1. The van der Waals surface area contributed by atoms with E-state index in [-0.39, 0.29) is 0 Å². The molecule has 1 fully saturated rings. The molecule has 0 radical (unpaired) electrons. The lowest BCUT2D eigenvalue weighted by Crippen LogP contribution is -2.37. The quantitative estimate of drug-likeness (QED) is 0.227. The summed E-state index contributed by atoms with van der Waals surface area (Å²) in [6.45, 7) is 5.82. The molecule has 0 aliphatic carbocycles. The molecule has 1 saturated heterocycles. The molecular formula is C23H26N4O9S. The lowest BCUT2D eigenvalue weighted by Gasteiger charge is -2.26. The Hall–Kier alpha value is -4.14. The topological polar surface area (TPSA) is 199 Å². The van der Waals surface area contributed by atoms with Crippen LogP contribution in [0.25, 0.3) is 20.7 Å². The smallest absolute Gasteiger partial charge is 0.414 e. The largest absolute Gasteiger partial charge is 0.473 e. The molecule has 1 aliphatic rings. The van der Waals surface area contributed by atoms with Crippen molar-refractivity contribution < 1.29 is 44.3 Å². The highest BCUT2D eigenvalue weighted by atomic mass is 32.1. The van der Waals surface area contributed by atoms with Crippen molar-refractivity contribution in [2.45, 2.75) is 6.42 Å². The molecule has 13 nitrogen and oxygen atoms in total.